The summed E-state index contributed by atoms with van der Waals surface area (Å²) in [5.41, 5.74) is 2.44. The molecule has 0 aliphatic carbocycles. The van der Waals surface area contributed by atoms with Crippen LogP contribution in [0.5, 0.6) is 11.5 Å². The number of rotatable bonds is 7. The average Bonchev–Trinajstić information content (AvgIpc) is 2.58. The molecule has 0 radical (unpaired) electrons. The first-order valence-electron chi connectivity index (χ1n) is 8.05. The molecule has 23 heavy (non-hydrogen) atoms. The molecule has 2 aromatic carbocycles. The zero-order valence-corrected chi connectivity index (χ0v) is 14.1. The van der Waals surface area contributed by atoms with Crippen molar-refractivity contribution in [3.05, 3.63) is 66.0 Å². The molecular formula is C20H24FNO. The predicted molar refractivity (Wildman–Crippen MR) is 94.4 cm³/mol. The summed E-state index contributed by atoms with van der Waals surface area (Å²) >= 11 is 0. The third-order valence-electron chi connectivity index (χ3n) is 3.91. The van der Waals surface area contributed by atoms with Crippen molar-refractivity contribution >= 4 is 5.57 Å². The van der Waals surface area contributed by atoms with Crippen LogP contribution in [0.25, 0.3) is 5.57 Å². The molecule has 0 bridgehead atoms. The summed E-state index contributed by atoms with van der Waals surface area (Å²) in [6.45, 7) is 9.56. The van der Waals surface area contributed by atoms with Crippen LogP contribution in [0.2, 0.25) is 0 Å². The van der Waals surface area contributed by atoms with Crippen molar-refractivity contribution in [1.29, 1.82) is 0 Å². The molecule has 0 heterocycles. The molecular weight excluding hydrogens is 289 g/mol. The van der Waals surface area contributed by atoms with Gasteiger partial charge in [-0.15, -0.1) is 0 Å². The second kappa shape index (κ2) is 8.49. The normalized spacial score (nSPS) is 11.8. The Kier molecular flexibility index (Phi) is 6.36. The van der Waals surface area contributed by atoms with Crippen LogP contribution in [0.4, 0.5) is 4.39 Å². The van der Waals surface area contributed by atoms with Crippen molar-refractivity contribution in [1.82, 2.24) is 4.90 Å². The minimum absolute atomic E-state index is 0.262. The first-order chi connectivity index (χ1) is 11.1. The van der Waals surface area contributed by atoms with Gasteiger partial charge in [0.05, 0.1) is 0 Å². The van der Waals surface area contributed by atoms with Gasteiger partial charge in [0.2, 0.25) is 0 Å². The fourth-order valence-corrected chi connectivity index (χ4v) is 2.29. The van der Waals surface area contributed by atoms with Crippen molar-refractivity contribution in [2.75, 3.05) is 19.6 Å². The van der Waals surface area contributed by atoms with E-state index in [0.717, 1.165) is 25.4 Å². The molecule has 0 aliphatic rings. The van der Waals surface area contributed by atoms with Crippen LogP contribution in [-0.4, -0.2) is 24.5 Å². The summed E-state index contributed by atoms with van der Waals surface area (Å²) < 4.78 is 18.6. The van der Waals surface area contributed by atoms with E-state index in [4.69, 9.17) is 4.74 Å². The van der Waals surface area contributed by atoms with Crippen LogP contribution in [0.1, 0.15) is 26.3 Å². The molecule has 0 atom stereocenters. The Morgan fingerprint density at radius 2 is 1.48 bits per heavy atom. The molecule has 0 saturated heterocycles. The molecule has 122 valence electrons. The number of hydrogen-bond acceptors (Lipinski definition) is 2. The Bertz CT molecular complexity index is 628. The van der Waals surface area contributed by atoms with Gasteiger partial charge in [-0.1, -0.05) is 32.1 Å². The number of halogens is 1. The highest BCUT2D eigenvalue weighted by Gasteiger charge is 2.01. The second-order valence-electron chi connectivity index (χ2n) is 5.45. The first kappa shape index (κ1) is 17.2. The molecule has 2 nitrogen and oxygen atoms in total. The molecule has 0 amide bonds. The van der Waals surface area contributed by atoms with Crippen molar-refractivity contribution in [2.45, 2.75) is 20.8 Å². The molecule has 0 saturated carbocycles. The fourth-order valence-electron chi connectivity index (χ4n) is 2.29. The van der Waals surface area contributed by atoms with Crippen molar-refractivity contribution in [3.63, 3.8) is 0 Å². The highest BCUT2D eigenvalue weighted by Crippen LogP contribution is 2.24. The fraction of sp³-hybridized carbons (Fsp3) is 0.300. The second-order valence-corrected chi connectivity index (χ2v) is 5.45. The van der Waals surface area contributed by atoms with Gasteiger partial charge >= 0.3 is 0 Å². The SMILES string of the molecule is CCN(CC)CC=C(C)c1ccc(Oc2ccc(F)cc2)cc1. The Balaban J connectivity index is 2.01. The van der Waals surface area contributed by atoms with Gasteiger partial charge in [-0.2, -0.15) is 0 Å². The van der Waals surface area contributed by atoms with Gasteiger partial charge in [-0.05, 0) is 67.5 Å². The Morgan fingerprint density at radius 1 is 0.957 bits per heavy atom. The lowest BCUT2D eigenvalue weighted by Crippen LogP contribution is -2.22. The third-order valence-corrected chi connectivity index (χ3v) is 3.91. The Labute approximate surface area is 138 Å². The minimum Gasteiger partial charge on any atom is -0.457 e. The average molecular weight is 313 g/mol. The number of nitrogens with zero attached hydrogens (tertiary/aromatic N) is 1. The molecule has 0 N–H and O–H groups in total. The maximum absolute atomic E-state index is 12.9. The minimum atomic E-state index is -0.262. The van der Waals surface area contributed by atoms with E-state index in [1.807, 2.05) is 24.3 Å². The lowest BCUT2D eigenvalue weighted by atomic mass is 10.1. The zero-order valence-electron chi connectivity index (χ0n) is 14.1. The summed E-state index contributed by atoms with van der Waals surface area (Å²) in [6.07, 6.45) is 2.25. The van der Waals surface area contributed by atoms with Gasteiger partial charge in [0, 0.05) is 6.54 Å². The van der Waals surface area contributed by atoms with E-state index in [0.29, 0.717) is 5.75 Å². The monoisotopic (exact) mass is 313 g/mol. The lowest BCUT2D eigenvalue weighted by Gasteiger charge is -2.16. The van der Waals surface area contributed by atoms with Gasteiger partial charge in [0.15, 0.2) is 0 Å². The van der Waals surface area contributed by atoms with E-state index in [-0.39, 0.29) is 5.82 Å². The molecule has 0 fully saturated rings. The van der Waals surface area contributed by atoms with Crippen LogP contribution in [0.3, 0.4) is 0 Å². The van der Waals surface area contributed by atoms with E-state index in [1.54, 1.807) is 12.1 Å². The van der Waals surface area contributed by atoms with Crippen LogP contribution < -0.4 is 4.74 Å². The first-order valence-corrected chi connectivity index (χ1v) is 8.05. The molecule has 2 aromatic rings. The van der Waals surface area contributed by atoms with E-state index >= 15 is 0 Å². The van der Waals surface area contributed by atoms with Crippen LogP contribution in [0.15, 0.2) is 54.6 Å². The van der Waals surface area contributed by atoms with Crippen molar-refractivity contribution < 1.29 is 9.13 Å². The van der Waals surface area contributed by atoms with Gasteiger partial charge in [-0.25, -0.2) is 4.39 Å². The number of ether oxygens (including phenoxy) is 1. The summed E-state index contributed by atoms with van der Waals surface area (Å²) in [6, 6.07) is 14.0. The smallest absolute Gasteiger partial charge is 0.127 e. The van der Waals surface area contributed by atoms with Crippen molar-refractivity contribution in [2.24, 2.45) is 0 Å². The Hall–Kier alpha value is -2.13. The molecule has 0 spiro atoms. The van der Waals surface area contributed by atoms with E-state index in [2.05, 4.69) is 31.7 Å². The van der Waals surface area contributed by atoms with Crippen LogP contribution in [-0.2, 0) is 0 Å². The summed E-state index contributed by atoms with van der Waals surface area (Å²) in [4.78, 5) is 2.37. The van der Waals surface area contributed by atoms with E-state index < -0.39 is 0 Å². The highest BCUT2D eigenvalue weighted by atomic mass is 19.1. The number of benzene rings is 2. The van der Waals surface area contributed by atoms with Crippen LogP contribution in [0, 0.1) is 5.82 Å². The predicted octanol–water partition coefficient (Wildman–Crippen LogP) is 5.36. The van der Waals surface area contributed by atoms with E-state index in [9.17, 15) is 4.39 Å². The largest absolute Gasteiger partial charge is 0.457 e. The Morgan fingerprint density at radius 3 is 2.00 bits per heavy atom. The van der Waals surface area contributed by atoms with Crippen LogP contribution >= 0.6 is 0 Å². The molecule has 3 heteroatoms. The van der Waals surface area contributed by atoms with Crippen molar-refractivity contribution in [3.8, 4) is 11.5 Å². The summed E-state index contributed by atoms with van der Waals surface area (Å²) in [7, 11) is 0. The van der Waals surface area contributed by atoms with Gasteiger partial charge in [0.1, 0.15) is 17.3 Å². The van der Waals surface area contributed by atoms with Gasteiger partial charge in [-0.3, -0.25) is 0 Å². The topological polar surface area (TPSA) is 12.5 Å². The molecule has 2 rings (SSSR count). The quantitative estimate of drug-likeness (QED) is 0.682. The molecule has 0 aliphatic heterocycles. The van der Waals surface area contributed by atoms with Gasteiger partial charge in [0.25, 0.3) is 0 Å². The summed E-state index contributed by atoms with van der Waals surface area (Å²) in [5, 5.41) is 0. The highest BCUT2D eigenvalue weighted by molar-refractivity contribution is 5.64. The zero-order chi connectivity index (χ0) is 16.7. The molecule has 0 unspecified atom stereocenters. The van der Waals surface area contributed by atoms with Gasteiger partial charge < -0.3 is 9.64 Å². The number of hydrogen-bond donors (Lipinski definition) is 0. The summed E-state index contributed by atoms with van der Waals surface area (Å²) in [5.74, 6) is 1.12. The van der Waals surface area contributed by atoms with E-state index in [1.165, 1.54) is 23.3 Å². The molecule has 0 aromatic heterocycles. The number of allylic oxidation sites excluding steroid dienone is 1. The maximum Gasteiger partial charge on any atom is 0.127 e. The third kappa shape index (κ3) is 5.22. The standard InChI is InChI=1S/C20H24FNO/c1-4-22(5-2)15-14-16(3)17-6-10-19(11-7-17)23-20-12-8-18(21)9-13-20/h6-14H,4-5,15H2,1-3H3. The number of likely N-dealkylation sites (N-methyl/N-ethyl adjacent to an activating group) is 1. The lowest BCUT2D eigenvalue weighted by molar-refractivity contribution is 0.337. The maximum atomic E-state index is 12.9.